The van der Waals surface area contributed by atoms with E-state index in [4.69, 9.17) is 17.3 Å². The fourth-order valence-corrected chi connectivity index (χ4v) is 5.28. The number of halogens is 2. The second-order valence-corrected chi connectivity index (χ2v) is 9.54. The molecule has 6 nitrogen and oxygen atoms in total. The first-order valence-corrected chi connectivity index (χ1v) is 11.6. The van der Waals surface area contributed by atoms with Gasteiger partial charge in [0.25, 0.3) is 5.91 Å². The summed E-state index contributed by atoms with van der Waals surface area (Å²) in [6, 6.07) is 15.6. The smallest absolute Gasteiger partial charge is 0.324 e. The van der Waals surface area contributed by atoms with E-state index < -0.39 is 0 Å². The molecule has 0 spiro atoms. The van der Waals surface area contributed by atoms with Crippen molar-refractivity contribution in [1.82, 2.24) is 9.80 Å². The average molecular weight is 491 g/mol. The predicted octanol–water partition coefficient (Wildman–Crippen LogP) is 4.54. The number of urea groups is 1. The SMILES string of the molecule is CN(C)C(=O)c1cccc(N2CCN(C3CCC(CN)(c4cccc(Cl)c4)CC3)C2=O)c1.Cl. The van der Waals surface area contributed by atoms with Crippen LogP contribution in [0.5, 0.6) is 0 Å². The maximum absolute atomic E-state index is 13.3. The number of hydrogen-bond donors (Lipinski definition) is 1. The Morgan fingerprint density at radius 1 is 1.12 bits per heavy atom. The molecule has 2 N–H and O–H groups in total. The number of carbonyl (C=O) groups is 2. The van der Waals surface area contributed by atoms with Gasteiger partial charge < -0.3 is 15.5 Å². The van der Waals surface area contributed by atoms with Gasteiger partial charge in [0.2, 0.25) is 0 Å². The van der Waals surface area contributed by atoms with Gasteiger partial charge in [0.05, 0.1) is 0 Å². The molecule has 2 aliphatic rings. The molecule has 3 amide bonds. The molecular weight excluding hydrogens is 459 g/mol. The predicted molar refractivity (Wildman–Crippen MR) is 136 cm³/mol. The van der Waals surface area contributed by atoms with Gasteiger partial charge >= 0.3 is 6.03 Å². The third-order valence-electron chi connectivity index (χ3n) is 7.03. The minimum absolute atomic E-state index is 0. The lowest BCUT2D eigenvalue weighted by Gasteiger charge is -2.42. The lowest BCUT2D eigenvalue weighted by Crippen LogP contribution is -2.46. The number of nitrogens with two attached hydrogens (primary N) is 1. The van der Waals surface area contributed by atoms with Crippen molar-refractivity contribution in [3.8, 4) is 0 Å². The summed E-state index contributed by atoms with van der Waals surface area (Å²) in [7, 11) is 3.46. The fraction of sp³-hybridized carbons (Fsp3) is 0.440. The average Bonchev–Trinajstić information content (AvgIpc) is 3.19. The second-order valence-electron chi connectivity index (χ2n) is 9.10. The number of rotatable bonds is 5. The molecule has 0 aromatic heterocycles. The third-order valence-corrected chi connectivity index (χ3v) is 7.27. The largest absolute Gasteiger partial charge is 0.345 e. The molecule has 0 radical (unpaired) electrons. The zero-order valence-corrected chi connectivity index (χ0v) is 20.7. The van der Waals surface area contributed by atoms with Gasteiger partial charge in [-0.3, -0.25) is 9.69 Å². The van der Waals surface area contributed by atoms with Gasteiger partial charge in [-0.25, -0.2) is 4.79 Å². The Kier molecular flexibility index (Phi) is 7.93. The van der Waals surface area contributed by atoms with Crippen LogP contribution in [0, 0.1) is 0 Å². The minimum Gasteiger partial charge on any atom is -0.345 e. The first-order chi connectivity index (χ1) is 15.3. The van der Waals surface area contributed by atoms with Crippen molar-refractivity contribution >= 4 is 41.6 Å². The van der Waals surface area contributed by atoms with Crippen LogP contribution in [0.25, 0.3) is 0 Å². The van der Waals surface area contributed by atoms with Crippen molar-refractivity contribution in [2.75, 3.05) is 38.6 Å². The molecule has 33 heavy (non-hydrogen) atoms. The van der Waals surface area contributed by atoms with Crippen LogP contribution in [0.15, 0.2) is 48.5 Å². The Bertz CT molecular complexity index is 1010. The van der Waals surface area contributed by atoms with Crippen molar-refractivity contribution in [1.29, 1.82) is 0 Å². The second kappa shape index (κ2) is 10.3. The normalized spacial score (nSPS) is 22.8. The van der Waals surface area contributed by atoms with Crippen molar-refractivity contribution in [3.63, 3.8) is 0 Å². The van der Waals surface area contributed by atoms with Crippen LogP contribution in [-0.2, 0) is 5.41 Å². The zero-order chi connectivity index (χ0) is 22.9. The van der Waals surface area contributed by atoms with Gasteiger partial charge in [0, 0.05) is 61.5 Å². The monoisotopic (exact) mass is 490 g/mol. The van der Waals surface area contributed by atoms with Gasteiger partial charge in [-0.2, -0.15) is 0 Å². The Hall–Kier alpha value is -2.28. The molecule has 2 aromatic rings. The zero-order valence-electron chi connectivity index (χ0n) is 19.2. The Balaban J connectivity index is 0.00000306. The van der Waals surface area contributed by atoms with E-state index in [1.165, 1.54) is 5.56 Å². The quantitative estimate of drug-likeness (QED) is 0.668. The van der Waals surface area contributed by atoms with Crippen LogP contribution in [0.4, 0.5) is 10.5 Å². The van der Waals surface area contributed by atoms with E-state index in [0.29, 0.717) is 25.2 Å². The molecule has 1 heterocycles. The van der Waals surface area contributed by atoms with E-state index in [9.17, 15) is 9.59 Å². The van der Waals surface area contributed by atoms with Gasteiger partial charge in [-0.15, -0.1) is 12.4 Å². The number of carbonyl (C=O) groups excluding carboxylic acids is 2. The van der Waals surface area contributed by atoms with E-state index >= 15 is 0 Å². The Labute approximate surface area is 207 Å². The van der Waals surface area contributed by atoms with Crippen LogP contribution >= 0.6 is 24.0 Å². The van der Waals surface area contributed by atoms with Crippen LogP contribution in [-0.4, -0.2) is 61.5 Å². The molecule has 0 atom stereocenters. The summed E-state index contributed by atoms with van der Waals surface area (Å²) in [6.45, 7) is 1.90. The number of benzene rings is 2. The molecule has 1 aliphatic heterocycles. The summed E-state index contributed by atoms with van der Waals surface area (Å²) in [5, 5.41) is 0.734. The van der Waals surface area contributed by atoms with Gasteiger partial charge in [0.15, 0.2) is 0 Å². The molecule has 8 heteroatoms. The summed E-state index contributed by atoms with van der Waals surface area (Å²) in [5.41, 5.74) is 8.72. The van der Waals surface area contributed by atoms with Crippen LogP contribution in [0.1, 0.15) is 41.6 Å². The molecule has 0 bridgehead atoms. The Morgan fingerprint density at radius 2 is 1.82 bits per heavy atom. The highest BCUT2D eigenvalue weighted by molar-refractivity contribution is 6.30. The van der Waals surface area contributed by atoms with Crippen molar-refractivity contribution < 1.29 is 9.59 Å². The first-order valence-electron chi connectivity index (χ1n) is 11.2. The summed E-state index contributed by atoms with van der Waals surface area (Å²) >= 11 is 6.23. The maximum atomic E-state index is 13.3. The standard InChI is InChI=1S/C25H31ClN4O2.ClH/c1-28(2)23(31)18-5-3-8-22(15-18)30-14-13-29(24(30)32)21-9-11-25(17-27,12-10-21)19-6-4-7-20(26)16-19;/h3-8,15-16,21H,9-14,17,27H2,1-2H3;1H. The topological polar surface area (TPSA) is 69.9 Å². The third kappa shape index (κ3) is 4.98. The van der Waals surface area contributed by atoms with E-state index in [2.05, 4.69) is 6.07 Å². The molecule has 4 rings (SSSR count). The summed E-state index contributed by atoms with van der Waals surface area (Å²) in [5.74, 6) is -0.0678. The fourth-order valence-electron chi connectivity index (χ4n) is 5.09. The van der Waals surface area contributed by atoms with Gasteiger partial charge in [0.1, 0.15) is 0 Å². The highest BCUT2D eigenvalue weighted by Crippen LogP contribution is 2.41. The van der Waals surface area contributed by atoms with Crippen molar-refractivity contribution in [3.05, 3.63) is 64.7 Å². The molecule has 2 aromatic carbocycles. The number of hydrogen-bond acceptors (Lipinski definition) is 3. The van der Waals surface area contributed by atoms with E-state index in [1.54, 1.807) is 30.0 Å². The van der Waals surface area contributed by atoms with Crippen molar-refractivity contribution in [2.24, 2.45) is 5.73 Å². The van der Waals surface area contributed by atoms with E-state index in [-0.39, 0.29) is 35.8 Å². The van der Waals surface area contributed by atoms with Crippen LogP contribution < -0.4 is 10.6 Å². The number of amides is 3. The first kappa shape index (κ1) is 25.3. The van der Waals surface area contributed by atoms with Gasteiger partial charge in [-0.05, 0) is 61.6 Å². The highest BCUT2D eigenvalue weighted by atomic mass is 35.5. The lowest BCUT2D eigenvalue weighted by molar-refractivity contribution is 0.0827. The maximum Gasteiger partial charge on any atom is 0.324 e. The van der Waals surface area contributed by atoms with Crippen LogP contribution in [0.3, 0.4) is 0 Å². The van der Waals surface area contributed by atoms with E-state index in [1.807, 2.05) is 41.3 Å². The molecule has 0 unspecified atom stereocenters. The molecule has 1 saturated carbocycles. The lowest BCUT2D eigenvalue weighted by atomic mass is 9.68. The molecule has 1 aliphatic carbocycles. The van der Waals surface area contributed by atoms with Gasteiger partial charge in [-0.1, -0.05) is 29.8 Å². The molecule has 178 valence electrons. The molecular formula is C25H32Cl2N4O2. The molecule has 1 saturated heterocycles. The minimum atomic E-state index is -0.0786. The Morgan fingerprint density at radius 3 is 2.45 bits per heavy atom. The highest BCUT2D eigenvalue weighted by Gasteiger charge is 2.41. The number of anilines is 1. The van der Waals surface area contributed by atoms with Crippen LogP contribution in [0.2, 0.25) is 5.02 Å². The summed E-state index contributed by atoms with van der Waals surface area (Å²) in [6.07, 6.45) is 3.71. The van der Waals surface area contributed by atoms with Crippen molar-refractivity contribution in [2.45, 2.75) is 37.1 Å². The summed E-state index contributed by atoms with van der Waals surface area (Å²) < 4.78 is 0. The van der Waals surface area contributed by atoms with E-state index in [0.717, 1.165) is 36.4 Å². The molecule has 2 fully saturated rings. The number of nitrogens with zero attached hydrogens (tertiary/aromatic N) is 3. The summed E-state index contributed by atoms with van der Waals surface area (Å²) in [4.78, 5) is 30.9.